The van der Waals surface area contributed by atoms with Crippen molar-refractivity contribution in [3.8, 4) is 0 Å². The molecule has 4 nitrogen and oxygen atoms in total. The molecule has 0 saturated heterocycles. The fourth-order valence-electron chi connectivity index (χ4n) is 1.91. The lowest BCUT2D eigenvalue weighted by atomic mass is 9.78. The third kappa shape index (κ3) is 3.47. The van der Waals surface area contributed by atoms with Crippen molar-refractivity contribution in [1.82, 2.24) is 4.72 Å². The summed E-state index contributed by atoms with van der Waals surface area (Å²) in [4.78, 5) is -1.67. The van der Waals surface area contributed by atoms with Crippen LogP contribution in [0.5, 0.6) is 0 Å². The van der Waals surface area contributed by atoms with E-state index in [2.05, 4.69) is 0 Å². The van der Waals surface area contributed by atoms with Crippen LogP contribution in [-0.2, 0) is 10.0 Å². The molecule has 0 amide bonds. The molecule has 0 aromatic heterocycles. The van der Waals surface area contributed by atoms with Gasteiger partial charge in [-0.3, -0.25) is 0 Å². The molecule has 0 bridgehead atoms. The fourth-order valence-corrected chi connectivity index (χ4v) is 3.19. The van der Waals surface area contributed by atoms with Crippen molar-refractivity contribution in [2.75, 3.05) is 6.54 Å². The average molecular weight is 349 g/mol. The van der Waals surface area contributed by atoms with Gasteiger partial charge in [0.1, 0.15) is 0 Å². The Kier molecular flexibility index (Phi) is 5.25. The number of hydrogen-bond acceptors (Lipinski definition) is 3. The lowest BCUT2D eigenvalue weighted by Gasteiger charge is -2.38. The Morgan fingerprint density at radius 1 is 1.14 bits per heavy atom. The highest BCUT2D eigenvalue weighted by Crippen LogP contribution is 2.29. The molecule has 0 aliphatic heterocycles. The van der Waals surface area contributed by atoms with Gasteiger partial charge in [0.05, 0.1) is 0 Å². The normalized spacial score (nSPS) is 17.0. The highest BCUT2D eigenvalue weighted by atomic mass is 35.5. The zero-order valence-electron chi connectivity index (χ0n) is 10.6. The van der Waals surface area contributed by atoms with Crippen LogP contribution in [0.4, 0.5) is 17.6 Å². The van der Waals surface area contributed by atoms with Crippen LogP contribution in [0.25, 0.3) is 0 Å². The molecule has 21 heavy (non-hydrogen) atoms. The molecule has 10 heteroatoms. The summed E-state index contributed by atoms with van der Waals surface area (Å²) in [5.41, 5.74) is 4.98. The average Bonchev–Trinajstić information content (AvgIpc) is 2.32. The van der Waals surface area contributed by atoms with Gasteiger partial charge in [-0.05, 0) is 19.3 Å². The van der Waals surface area contributed by atoms with Gasteiger partial charge in [0.15, 0.2) is 28.2 Å². The summed E-state index contributed by atoms with van der Waals surface area (Å²) >= 11 is 0. The van der Waals surface area contributed by atoms with E-state index in [0.29, 0.717) is 12.8 Å². The van der Waals surface area contributed by atoms with E-state index in [0.717, 1.165) is 6.42 Å². The van der Waals surface area contributed by atoms with Gasteiger partial charge < -0.3 is 5.73 Å². The molecule has 0 radical (unpaired) electrons. The molecule has 0 atom stereocenters. The van der Waals surface area contributed by atoms with Gasteiger partial charge in [-0.15, -0.1) is 12.4 Å². The first kappa shape index (κ1) is 18.1. The van der Waals surface area contributed by atoms with Gasteiger partial charge in [0, 0.05) is 18.2 Å². The molecule has 1 aromatic carbocycles. The molecule has 1 saturated carbocycles. The standard InChI is InChI=1S/C11H12F4N2O2S.ClH/c12-6-4-7(13)9(15)10(8(6)14)20(18,19)17-5-11(16)2-1-3-11;/h4,17H,1-3,5,16H2;1H. The molecule has 0 unspecified atom stereocenters. The van der Waals surface area contributed by atoms with E-state index in [9.17, 15) is 26.0 Å². The lowest BCUT2D eigenvalue weighted by molar-refractivity contribution is 0.250. The van der Waals surface area contributed by atoms with Crippen molar-refractivity contribution >= 4 is 22.4 Å². The molecule has 0 heterocycles. The first-order valence-electron chi connectivity index (χ1n) is 5.78. The first-order chi connectivity index (χ1) is 9.16. The van der Waals surface area contributed by atoms with Crippen LogP contribution in [0.2, 0.25) is 0 Å². The third-order valence-electron chi connectivity index (χ3n) is 3.30. The number of nitrogens with one attached hydrogen (secondary N) is 1. The summed E-state index contributed by atoms with van der Waals surface area (Å²) in [6, 6.07) is -0.0555. The van der Waals surface area contributed by atoms with Crippen molar-refractivity contribution in [2.24, 2.45) is 5.73 Å². The van der Waals surface area contributed by atoms with Crippen LogP contribution >= 0.6 is 12.4 Å². The lowest BCUT2D eigenvalue weighted by Crippen LogP contribution is -2.55. The Morgan fingerprint density at radius 3 is 2.00 bits per heavy atom. The molecular weight excluding hydrogens is 336 g/mol. The second-order valence-corrected chi connectivity index (χ2v) is 6.54. The van der Waals surface area contributed by atoms with E-state index in [1.54, 1.807) is 0 Å². The number of rotatable bonds is 4. The largest absolute Gasteiger partial charge is 0.324 e. The second kappa shape index (κ2) is 6.07. The fraction of sp³-hybridized carbons (Fsp3) is 0.455. The van der Waals surface area contributed by atoms with Gasteiger partial charge in [-0.25, -0.2) is 30.7 Å². The minimum Gasteiger partial charge on any atom is -0.324 e. The second-order valence-electron chi connectivity index (χ2n) is 4.84. The SMILES string of the molecule is Cl.NC1(CNS(=O)(=O)c2c(F)c(F)cc(F)c2F)CCC1. The number of sulfonamides is 1. The predicted octanol–water partition coefficient (Wildman–Crippen LogP) is 1.82. The Labute approximate surface area is 125 Å². The van der Waals surface area contributed by atoms with Crippen molar-refractivity contribution in [2.45, 2.75) is 29.7 Å². The van der Waals surface area contributed by atoms with Crippen LogP contribution in [0, 0.1) is 23.3 Å². The molecule has 3 N–H and O–H groups in total. The maximum absolute atomic E-state index is 13.4. The van der Waals surface area contributed by atoms with Crippen LogP contribution in [0.15, 0.2) is 11.0 Å². The van der Waals surface area contributed by atoms with Crippen LogP contribution in [0.1, 0.15) is 19.3 Å². The third-order valence-corrected chi connectivity index (χ3v) is 4.72. The first-order valence-corrected chi connectivity index (χ1v) is 7.26. The van der Waals surface area contributed by atoms with Crippen LogP contribution in [-0.4, -0.2) is 20.5 Å². The molecule has 1 aliphatic carbocycles. The Balaban J connectivity index is 0.00000220. The Bertz CT molecular complexity index is 624. The van der Waals surface area contributed by atoms with Crippen LogP contribution < -0.4 is 10.5 Å². The number of hydrogen-bond donors (Lipinski definition) is 2. The van der Waals surface area contributed by atoms with Crippen molar-refractivity contribution in [3.63, 3.8) is 0 Å². The zero-order chi connectivity index (χ0) is 15.1. The summed E-state index contributed by atoms with van der Waals surface area (Å²) in [7, 11) is -4.74. The summed E-state index contributed by atoms with van der Waals surface area (Å²) < 4.78 is 78.3. The van der Waals surface area contributed by atoms with E-state index < -0.39 is 43.7 Å². The number of benzene rings is 1. The van der Waals surface area contributed by atoms with E-state index in [-0.39, 0.29) is 25.0 Å². The van der Waals surface area contributed by atoms with Gasteiger partial charge in [0.25, 0.3) is 0 Å². The summed E-state index contributed by atoms with van der Waals surface area (Å²) in [6.45, 7) is -0.258. The molecule has 2 rings (SSSR count). The quantitative estimate of drug-likeness (QED) is 0.644. The van der Waals surface area contributed by atoms with Crippen molar-refractivity contribution in [3.05, 3.63) is 29.3 Å². The molecule has 1 aromatic rings. The maximum atomic E-state index is 13.4. The summed E-state index contributed by atoms with van der Waals surface area (Å²) in [5.74, 6) is -7.49. The Hall–Kier alpha value is -0.900. The Morgan fingerprint density at radius 2 is 1.62 bits per heavy atom. The summed E-state index contributed by atoms with van der Waals surface area (Å²) in [5, 5.41) is 0. The smallest absolute Gasteiger partial charge is 0.246 e. The minimum atomic E-state index is -4.74. The van der Waals surface area contributed by atoms with E-state index in [1.807, 2.05) is 4.72 Å². The van der Waals surface area contributed by atoms with Gasteiger partial charge >= 0.3 is 0 Å². The van der Waals surface area contributed by atoms with Gasteiger partial charge in [-0.2, -0.15) is 0 Å². The number of nitrogens with two attached hydrogens (primary N) is 1. The van der Waals surface area contributed by atoms with Crippen LogP contribution in [0.3, 0.4) is 0 Å². The minimum absolute atomic E-state index is 0. The molecule has 1 aliphatic rings. The monoisotopic (exact) mass is 348 g/mol. The molecule has 0 spiro atoms. The summed E-state index contributed by atoms with van der Waals surface area (Å²) in [6.07, 6.45) is 1.92. The highest BCUT2D eigenvalue weighted by molar-refractivity contribution is 7.89. The molecular formula is C11H13ClF4N2O2S. The maximum Gasteiger partial charge on any atom is 0.246 e. The van der Waals surface area contributed by atoms with Crippen molar-refractivity contribution in [1.29, 1.82) is 0 Å². The zero-order valence-corrected chi connectivity index (χ0v) is 12.3. The van der Waals surface area contributed by atoms with E-state index in [4.69, 9.17) is 5.73 Å². The molecule has 1 fully saturated rings. The van der Waals surface area contributed by atoms with Gasteiger partial charge in [0.2, 0.25) is 10.0 Å². The highest BCUT2D eigenvalue weighted by Gasteiger charge is 2.36. The predicted molar refractivity (Wildman–Crippen MR) is 69.5 cm³/mol. The van der Waals surface area contributed by atoms with E-state index in [1.165, 1.54) is 0 Å². The topological polar surface area (TPSA) is 72.2 Å². The van der Waals surface area contributed by atoms with Gasteiger partial charge in [-0.1, -0.05) is 0 Å². The van der Waals surface area contributed by atoms with Crippen molar-refractivity contribution < 1.29 is 26.0 Å². The molecule has 120 valence electrons. The van der Waals surface area contributed by atoms with E-state index >= 15 is 0 Å². The number of halogens is 5.